The molecular weight excluding hydrogens is 335 g/mol. The van der Waals surface area contributed by atoms with Crippen molar-refractivity contribution in [1.29, 1.82) is 5.26 Å². The van der Waals surface area contributed by atoms with Crippen LogP contribution >= 0.6 is 11.9 Å². The van der Waals surface area contributed by atoms with E-state index in [1.165, 1.54) is 6.07 Å². The van der Waals surface area contributed by atoms with Crippen LogP contribution in [0.3, 0.4) is 0 Å². The molecule has 0 aromatic heterocycles. The third-order valence-electron chi connectivity index (χ3n) is 3.93. The van der Waals surface area contributed by atoms with Crippen molar-refractivity contribution in [3.63, 3.8) is 0 Å². The summed E-state index contributed by atoms with van der Waals surface area (Å²) in [6, 6.07) is 10.8. The number of nitrogens with zero attached hydrogens (tertiary/aromatic N) is 2. The lowest BCUT2D eigenvalue weighted by molar-refractivity contribution is 0.624. The fourth-order valence-electron chi connectivity index (χ4n) is 2.64. The molecule has 0 aliphatic carbocycles. The zero-order valence-electron chi connectivity index (χ0n) is 14.1. The molecule has 0 radical (unpaired) electrons. The fourth-order valence-corrected chi connectivity index (χ4v) is 3.21. The fraction of sp³-hybridized carbons (Fsp3) is 0.263. The highest BCUT2D eigenvalue weighted by atomic mass is 32.2. The predicted octanol–water partition coefficient (Wildman–Crippen LogP) is 2.79. The number of nitrogens with one attached hydrogen (secondary N) is 2. The van der Waals surface area contributed by atoms with Crippen LogP contribution in [0.2, 0.25) is 0 Å². The zero-order chi connectivity index (χ0) is 17.8. The van der Waals surface area contributed by atoms with Crippen molar-refractivity contribution < 1.29 is 4.39 Å². The molecule has 0 saturated carbocycles. The molecule has 1 aliphatic rings. The number of nitriles is 1. The minimum absolute atomic E-state index is 0.0533. The van der Waals surface area contributed by atoms with E-state index in [1.54, 1.807) is 24.1 Å². The van der Waals surface area contributed by atoms with Gasteiger partial charge in [-0.3, -0.25) is 9.71 Å². The third-order valence-corrected chi connectivity index (χ3v) is 4.59. The minimum Gasteiger partial charge on any atom is -0.379 e. The van der Waals surface area contributed by atoms with Crippen molar-refractivity contribution >= 4 is 23.8 Å². The highest BCUT2D eigenvalue weighted by molar-refractivity contribution is 7.97. The molecule has 0 fully saturated rings. The Balaban J connectivity index is 1.89. The molecule has 1 atom stereocenters. The Hall–Kier alpha value is -2.36. The average molecular weight is 354 g/mol. The second kappa shape index (κ2) is 7.68. The molecule has 4 nitrogen and oxygen atoms in total. The van der Waals surface area contributed by atoms with E-state index in [4.69, 9.17) is 5.26 Å². The standard InChI is InChI=1S/C19H19FN4S/c1-3-25-23-10-12(2)24-18-8-14(7-16-11-22-19(16)18)13-4-5-17(20)15(6-13)9-21/h4-8,11-12,23-24H,3,10H2,1-2H3. The number of benzene rings is 2. The van der Waals surface area contributed by atoms with Crippen molar-refractivity contribution in [3.05, 3.63) is 52.3 Å². The zero-order valence-corrected chi connectivity index (χ0v) is 15.0. The van der Waals surface area contributed by atoms with Crippen LogP contribution in [0.1, 0.15) is 19.4 Å². The van der Waals surface area contributed by atoms with Crippen LogP contribution < -0.4 is 20.6 Å². The Kier molecular flexibility index (Phi) is 5.37. The second-order valence-electron chi connectivity index (χ2n) is 5.85. The lowest BCUT2D eigenvalue weighted by Gasteiger charge is -2.18. The van der Waals surface area contributed by atoms with Crippen molar-refractivity contribution in [1.82, 2.24) is 4.72 Å². The third kappa shape index (κ3) is 3.84. The Morgan fingerprint density at radius 3 is 2.80 bits per heavy atom. The SMILES string of the molecule is CCSNCC(C)Nc1cc(-c2ccc(F)c(C#N)c2)cc2c1=NC=2. The van der Waals surface area contributed by atoms with Gasteiger partial charge in [-0.15, -0.1) is 0 Å². The van der Waals surface area contributed by atoms with Crippen LogP contribution in [0.5, 0.6) is 0 Å². The monoisotopic (exact) mass is 354 g/mol. The molecule has 128 valence electrons. The first-order chi connectivity index (χ1) is 12.1. The summed E-state index contributed by atoms with van der Waals surface area (Å²) in [6.07, 6.45) is 1.81. The van der Waals surface area contributed by atoms with Gasteiger partial charge < -0.3 is 5.32 Å². The molecule has 0 bridgehead atoms. The van der Waals surface area contributed by atoms with E-state index < -0.39 is 5.82 Å². The molecule has 3 rings (SSSR count). The van der Waals surface area contributed by atoms with E-state index in [0.717, 1.165) is 39.7 Å². The molecule has 0 spiro atoms. The Morgan fingerprint density at radius 1 is 1.28 bits per heavy atom. The number of hydrogen-bond acceptors (Lipinski definition) is 5. The van der Waals surface area contributed by atoms with Crippen molar-refractivity contribution in [2.24, 2.45) is 4.99 Å². The lowest BCUT2D eigenvalue weighted by atomic mass is 10.0. The molecule has 0 amide bonds. The lowest BCUT2D eigenvalue weighted by Crippen LogP contribution is -2.37. The van der Waals surface area contributed by atoms with Crippen LogP contribution in [0, 0.1) is 17.1 Å². The Bertz CT molecular complexity index is 949. The van der Waals surface area contributed by atoms with E-state index >= 15 is 0 Å². The number of fused-ring (bicyclic) bond motifs is 1. The van der Waals surface area contributed by atoms with E-state index in [2.05, 4.69) is 28.9 Å². The number of rotatable bonds is 7. The van der Waals surface area contributed by atoms with Gasteiger partial charge >= 0.3 is 0 Å². The van der Waals surface area contributed by atoms with Gasteiger partial charge in [0.1, 0.15) is 11.9 Å². The molecule has 25 heavy (non-hydrogen) atoms. The van der Waals surface area contributed by atoms with Crippen LogP contribution in [0.15, 0.2) is 35.3 Å². The summed E-state index contributed by atoms with van der Waals surface area (Å²) in [5, 5.41) is 14.5. The topological polar surface area (TPSA) is 60.2 Å². The molecule has 1 unspecified atom stereocenters. The van der Waals surface area contributed by atoms with Crippen molar-refractivity contribution in [3.8, 4) is 17.2 Å². The molecule has 2 N–H and O–H groups in total. The maximum Gasteiger partial charge on any atom is 0.140 e. The summed E-state index contributed by atoms with van der Waals surface area (Å²) in [5.41, 5.74) is 2.76. The number of hydrogen-bond donors (Lipinski definition) is 2. The first-order valence-electron chi connectivity index (χ1n) is 8.15. The van der Waals surface area contributed by atoms with Crippen molar-refractivity contribution in [2.45, 2.75) is 19.9 Å². The molecule has 2 aromatic carbocycles. The molecule has 1 aliphatic heterocycles. The quantitative estimate of drug-likeness (QED) is 0.593. The van der Waals surface area contributed by atoms with Gasteiger partial charge in [-0.25, -0.2) is 4.39 Å². The van der Waals surface area contributed by atoms with E-state index in [9.17, 15) is 4.39 Å². The van der Waals surface area contributed by atoms with Gasteiger partial charge in [0.15, 0.2) is 0 Å². The van der Waals surface area contributed by atoms with Gasteiger partial charge in [0, 0.05) is 29.8 Å². The maximum absolute atomic E-state index is 13.6. The summed E-state index contributed by atoms with van der Waals surface area (Å²) in [6.45, 7) is 5.04. The molecule has 1 heterocycles. The summed E-state index contributed by atoms with van der Waals surface area (Å²) in [5.74, 6) is 0.524. The maximum atomic E-state index is 13.6. The minimum atomic E-state index is -0.497. The van der Waals surface area contributed by atoms with Gasteiger partial charge in [-0.2, -0.15) is 5.26 Å². The van der Waals surface area contributed by atoms with E-state index in [1.807, 2.05) is 24.4 Å². The van der Waals surface area contributed by atoms with Gasteiger partial charge in [0.2, 0.25) is 0 Å². The molecule has 6 heteroatoms. The van der Waals surface area contributed by atoms with Gasteiger partial charge in [-0.1, -0.05) is 24.9 Å². The van der Waals surface area contributed by atoms with Crippen LogP contribution in [-0.2, 0) is 0 Å². The van der Waals surface area contributed by atoms with Gasteiger partial charge in [0.05, 0.1) is 16.6 Å². The number of anilines is 1. The molecule has 2 aromatic rings. The van der Waals surface area contributed by atoms with Gasteiger partial charge in [-0.05, 0) is 42.3 Å². The summed E-state index contributed by atoms with van der Waals surface area (Å²) >= 11 is 1.69. The average Bonchev–Trinajstić information content (AvgIpc) is 2.57. The summed E-state index contributed by atoms with van der Waals surface area (Å²) in [4.78, 5) is 4.34. The Morgan fingerprint density at radius 2 is 2.12 bits per heavy atom. The predicted molar refractivity (Wildman–Crippen MR) is 101 cm³/mol. The largest absolute Gasteiger partial charge is 0.379 e. The summed E-state index contributed by atoms with van der Waals surface area (Å²) < 4.78 is 16.9. The summed E-state index contributed by atoms with van der Waals surface area (Å²) in [7, 11) is 0. The number of halogens is 1. The van der Waals surface area contributed by atoms with E-state index in [-0.39, 0.29) is 11.6 Å². The second-order valence-corrected chi connectivity index (χ2v) is 7.01. The molecular formula is C19H19FN4S. The first-order valence-corrected chi connectivity index (χ1v) is 9.14. The Labute approximate surface area is 150 Å². The van der Waals surface area contributed by atoms with E-state index in [0.29, 0.717) is 0 Å². The first kappa shape index (κ1) is 17.5. The van der Waals surface area contributed by atoms with Crippen molar-refractivity contribution in [2.75, 3.05) is 17.6 Å². The van der Waals surface area contributed by atoms with Crippen LogP contribution in [0.25, 0.3) is 17.3 Å². The smallest absolute Gasteiger partial charge is 0.140 e. The molecule has 0 saturated heterocycles. The van der Waals surface area contributed by atoms with Crippen LogP contribution in [-0.4, -0.2) is 18.3 Å². The van der Waals surface area contributed by atoms with Crippen LogP contribution in [0.4, 0.5) is 10.1 Å². The highest BCUT2D eigenvalue weighted by Gasteiger charge is 2.12. The highest BCUT2D eigenvalue weighted by Crippen LogP contribution is 2.23. The normalized spacial score (nSPS) is 12.9. The van der Waals surface area contributed by atoms with Gasteiger partial charge in [0.25, 0.3) is 0 Å².